The molecule has 0 fully saturated rings. The van der Waals surface area contributed by atoms with Crippen LogP contribution in [0.15, 0.2) is 0 Å². The first kappa shape index (κ1) is 12.0. The summed E-state index contributed by atoms with van der Waals surface area (Å²) in [6.45, 7) is 0.104. The van der Waals surface area contributed by atoms with Crippen molar-refractivity contribution in [3.63, 3.8) is 0 Å². The van der Waals surface area contributed by atoms with E-state index in [1.165, 1.54) is 0 Å². The monoisotopic (exact) mass is 196 g/mol. The van der Waals surface area contributed by atoms with Gasteiger partial charge in [-0.05, 0) is 6.92 Å². The van der Waals surface area contributed by atoms with Crippen LogP contribution in [-0.4, -0.2) is 38.0 Å². The highest BCUT2D eigenvalue weighted by atomic mass is 19.3. The molecule has 0 aromatic heterocycles. The summed E-state index contributed by atoms with van der Waals surface area (Å²) in [4.78, 5) is 21.4. The van der Waals surface area contributed by atoms with Crippen molar-refractivity contribution >= 4 is 11.8 Å². The van der Waals surface area contributed by atoms with Gasteiger partial charge in [-0.25, -0.2) is 13.6 Å². The fourth-order valence-corrected chi connectivity index (χ4v) is 0.627. The van der Waals surface area contributed by atoms with E-state index in [2.05, 4.69) is 9.47 Å². The third kappa shape index (κ3) is 4.51. The molecule has 0 heterocycles. The minimum Gasteiger partial charge on any atom is -0.467 e. The number of carbonyl (C=O) groups is 2. The summed E-state index contributed by atoms with van der Waals surface area (Å²) in [5.74, 6) is -1.62. The number of Topliss-reactive ketones (excluding diaryl/α,β-unsaturated/α-hetero) is 1. The summed E-state index contributed by atoms with van der Waals surface area (Å²) in [5.41, 5.74) is 0. The van der Waals surface area contributed by atoms with E-state index >= 15 is 0 Å². The minimum absolute atomic E-state index is 0.660. The van der Waals surface area contributed by atoms with Gasteiger partial charge in [-0.2, -0.15) is 0 Å². The molecule has 4 nitrogen and oxygen atoms in total. The summed E-state index contributed by atoms with van der Waals surface area (Å²) in [5, 5.41) is 0. The Balaban J connectivity index is 4.11. The summed E-state index contributed by atoms with van der Waals surface area (Å²) >= 11 is 0. The van der Waals surface area contributed by atoms with Gasteiger partial charge in [-0.15, -0.1) is 0 Å². The van der Waals surface area contributed by atoms with Crippen LogP contribution in [0.25, 0.3) is 0 Å². The van der Waals surface area contributed by atoms with Crippen LogP contribution in [0.5, 0.6) is 0 Å². The second-order valence-corrected chi connectivity index (χ2v) is 2.24. The molecule has 0 radical (unpaired) electrons. The second-order valence-electron chi connectivity index (χ2n) is 2.24. The maximum Gasteiger partial charge on any atom is 0.342 e. The van der Waals surface area contributed by atoms with E-state index in [9.17, 15) is 18.4 Å². The summed E-state index contributed by atoms with van der Waals surface area (Å²) in [6.07, 6.45) is -4.26. The SMILES string of the molecule is COC(=O)C(OCC(F)F)C(C)=O. The average molecular weight is 196 g/mol. The van der Waals surface area contributed by atoms with E-state index in [1.807, 2.05) is 0 Å². The number of ether oxygens (including phenoxy) is 2. The average Bonchev–Trinajstić information content (AvgIpc) is 2.03. The fraction of sp³-hybridized carbons (Fsp3) is 0.714. The molecule has 0 aliphatic rings. The third-order valence-electron chi connectivity index (χ3n) is 1.17. The van der Waals surface area contributed by atoms with Crippen LogP contribution >= 0.6 is 0 Å². The Morgan fingerprint density at radius 2 is 1.92 bits per heavy atom. The van der Waals surface area contributed by atoms with Crippen LogP contribution in [0.3, 0.4) is 0 Å². The van der Waals surface area contributed by atoms with E-state index in [-0.39, 0.29) is 0 Å². The Labute approximate surface area is 73.8 Å². The van der Waals surface area contributed by atoms with Gasteiger partial charge in [0.2, 0.25) is 6.10 Å². The van der Waals surface area contributed by atoms with E-state index in [4.69, 9.17) is 0 Å². The van der Waals surface area contributed by atoms with E-state index < -0.39 is 30.9 Å². The molecular formula is C7H10F2O4. The summed E-state index contributed by atoms with van der Waals surface area (Å²) < 4.78 is 31.8. The highest BCUT2D eigenvalue weighted by Crippen LogP contribution is 2.01. The Hall–Kier alpha value is -1.04. The van der Waals surface area contributed by atoms with Crippen LogP contribution in [0.2, 0.25) is 0 Å². The highest BCUT2D eigenvalue weighted by Gasteiger charge is 2.25. The highest BCUT2D eigenvalue weighted by molar-refractivity contribution is 6.00. The van der Waals surface area contributed by atoms with Crippen LogP contribution in [0, 0.1) is 0 Å². The lowest BCUT2D eigenvalue weighted by molar-refractivity contribution is -0.161. The molecule has 1 atom stereocenters. The Kier molecular flexibility index (Phi) is 5.13. The number of rotatable bonds is 5. The number of hydrogen-bond donors (Lipinski definition) is 0. The van der Waals surface area contributed by atoms with Crippen LogP contribution in [-0.2, 0) is 19.1 Å². The molecule has 13 heavy (non-hydrogen) atoms. The number of ketones is 1. The second kappa shape index (κ2) is 5.58. The van der Waals surface area contributed by atoms with E-state index in [0.717, 1.165) is 14.0 Å². The van der Waals surface area contributed by atoms with Crippen molar-refractivity contribution in [1.29, 1.82) is 0 Å². The standard InChI is InChI=1S/C7H10F2O4/c1-4(10)6(7(11)12-2)13-3-5(8)9/h5-6H,3H2,1-2H3. The predicted octanol–water partition coefficient (Wildman–Crippen LogP) is 0.399. The molecule has 0 aliphatic heterocycles. The van der Waals surface area contributed by atoms with Crippen LogP contribution in [0.1, 0.15) is 6.92 Å². The van der Waals surface area contributed by atoms with Gasteiger partial charge < -0.3 is 9.47 Å². The molecular weight excluding hydrogens is 186 g/mol. The van der Waals surface area contributed by atoms with Crippen molar-refractivity contribution in [2.75, 3.05) is 13.7 Å². The normalized spacial score (nSPS) is 12.7. The maximum absolute atomic E-state index is 11.6. The van der Waals surface area contributed by atoms with Crippen molar-refractivity contribution in [3.05, 3.63) is 0 Å². The van der Waals surface area contributed by atoms with Gasteiger partial charge in [0.15, 0.2) is 5.78 Å². The molecule has 0 amide bonds. The number of methoxy groups -OCH3 is 1. The molecule has 1 unspecified atom stereocenters. The molecule has 0 aliphatic carbocycles. The van der Waals surface area contributed by atoms with Gasteiger partial charge in [-0.3, -0.25) is 4.79 Å². The molecule has 0 spiro atoms. The summed E-state index contributed by atoms with van der Waals surface area (Å²) in [6, 6.07) is 0. The fourth-order valence-electron chi connectivity index (χ4n) is 0.627. The molecule has 6 heteroatoms. The lowest BCUT2D eigenvalue weighted by Gasteiger charge is -2.11. The van der Waals surface area contributed by atoms with Crippen molar-refractivity contribution in [3.8, 4) is 0 Å². The van der Waals surface area contributed by atoms with Crippen molar-refractivity contribution in [1.82, 2.24) is 0 Å². The molecule has 76 valence electrons. The van der Waals surface area contributed by atoms with Gasteiger partial charge in [0, 0.05) is 0 Å². The maximum atomic E-state index is 11.6. The lowest BCUT2D eigenvalue weighted by Crippen LogP contribution is -2.33. The number of hydrogen-bond acceptors (Lipinski definition) is 4. The number of alkyl halides is 2. The molecule has 0 aromatic carbocycles. The summed E-state index contributed by atoms with van der Waals surface area (Å²) in [7, 11) is 1.05. The first-order valence-corrected chi connectivity index (χ1v) is 3.47. The third-order valence-corrected chi connectivity index (χ3v) is 1.17. The van der Waals surface area contributed by atoms with Gasteiger partial charge in [0.25, 0.3) is 6.43 Å². The quantitative estimate of drug-likeness (QED) is 0.471. The largest absolute Gasteiger partial charge is 0.467 e. The number of esters is 1. The molecule has 0 aromatic rings. The van der Waals surface area contributed by atoms with Gasteiger partial charge >= 0.3 is 5.97 Å². The minimum atomic E-state index is -2.72. The molecule has 0 rings (SSSR count). The molecule has 0 bridgehead atoms. The Bertz CT molecular complexity index is 193. The van der Waals surface area contributed by atoms with Gasteiger partial charge in [-0.1, -0.05) is 0 Å². The van der Waals surface area contributed by atoms with Crippen molar-refractivity contribution in [2.45, 2.75) is 19.5 Å². The molecule has 0 saturated carbocycles. The number of carbonyl (C=O) groups excluding carboxylic acids is 2. The van der Waals surface area contributed by atoms with E-state index in [1.54, 1.807) is 0 Å². The van der Waals surface area contributed by atoms with Gasteiger partial charge in [0.1, 0.15) is 6.61 Å². The first-order chi connectivity index (χ1) is 5.99. The van der Waals surface area contributed by atoms with Crippen molar-refractivity contribution in [2.24, 2.45) is 0 Å². The zero-order valence-corrected chi connectivity index (χ0v) is 7.25. The Morgan fingerprint density at radius 1 is 1.38 bits per heavy atom. The van der Waals surface area contributed by atoms with Crippen molar-refractivity contribution < 1.29 is 27.8 Å². The molecule has 0 N–H and O–H groups in total. The first-order valence-electron chi connectivity index (χ1n) is 3.47. The smallest absolute Gasteiger partial charge is 0.342 e. The molecule has 0 saturated heterocycles. The zero-order valence-electron chi connectivity index (χ0n) is 7.25. The zero-order chi connectivity index (χ0) is 10.4. The van der Waals surface area contributed by atoms with Gasteiger partial charge in [0.05, 0.1) is 7.11 Å². The van der Waals surface area contributed by atoms with Crippen LogP contribution < -0.4 is 0 Å². The Morgan fingerprint density at radius 3 is 2.23 bits per heavy atom. The van der Waals surface area contributed by atoms with Crippen LogP contribution in [0.4, 0.5) is 8.78 Å². The topological polar surface area (TPSA) is 52.6 Å². The van der Waals surface area contributed by atoms with E-state index in [0.29, 0.717) is 0 Å². The predicted molar refractivity (Wildman–Crippen MR) is 38.4 cm³/mol. The number of halogens is 2. The lowest BCUT2D eigenvalue weighted by atomic mass is 10.2.